The van der Waals surface area contributed by atoms with Gasteiger partial charge < -0.3 is 58.7 Å². The fraction of sp³-hybridized carbons (Fsp3) is 0.517. The Kier molecular flexibility index (Phi) is 23.0. The molecule has 6 atom stereocenters. The minimum Gasteiger partial charge on any atom is -0.493 e. The molecule has 0 aromatic heterocycles. The molecule has 0 radical (unpaired) electrons. The lowest BCUT2D eigenvalue weighted by Crippen LogP contribution is -2.57. The zero-order valence-electron chi connectivity index (χ0n) is 48.7. The molecule has 1 unspecified atom stereocenters. The maximum absolute atomic E-state index is 14.7. The van der Waals surface area contributed by atoms with E-state index in [1.54, 1.807) is 81.4 Å². The summed E-state index contributed by atoms with van der Waals surface area (Å²) < 4.78 is 34.8. The first-order chi connectivity index (χ1) is 38.3. The topological polar surface area (TPSA) is 246 Å². The number of esters is 2. The van der Waals surface area contributed by atoms with Crippen molar-refractivity contribution in [3.63, 3.8) is 0 Å². The molecule has 440 valence electrons. The molecular weight excluding hydrogens is 1040 g/mol. The predicted octanol–water partition coefficient (Wildman–Crippen LogP) is 5.09. The van der Waals surface area contributed by atoms with Crippen LogP contribution in [0.1, 0.15) is 109 Å². The zero-order chi connectivity index (χ0) is 59.8. The first-order valence-corrected chi connectivity index (χ1v) is 27.2. The summed E-state index contributed by atoms with van der Waals surface area (Å²) in [7, 11) is 7.37. The molecule has 81 heavy (non-hydrogen) atoms. The summed E-state index contributed by atoms with van der Waals surface area (Å²) in [6.45, 7) is 10.2. The highest BCUT2D eigenvalue weighted by Crippen LogP contribution is 2.33. The fourth-order valence-electron chi connectivity index (χ4n) is 9.00. The van der Waals surface area contributed by atoms with Crippen molar-refractivity contribution in [2.24, 2.45) is 5.41 Å². The number of ether oxygens (including phenoxy) is 6. The normalized spacial score (nSPS) is 23.7. The van der Waals surface area contributed by atoms with E-state index in [1.165, 1.54) is 83.8 Å². The Labute approximate surface area is 474 Å². The fourth-order valence-corrected chi connectivity index (χ4v) is 9.00. The molecule has 0 aliphatic carbocycles. The van der Waals surface area contributed by atoms with Crippen molar-refractivity contribution in [2.45, 2.75) is 129 Å². The first kappa shape index (κ1) is 64.0. The van der Waals surface area contributed by atoms with Gasteiger partial charge >= 0.3 is 11.9 Å². The van der Waals surface area contributed by atoms with Gasteiger partial charge in [-0.2, -0.15) is 0 Å². The van der Waals surface area contributed by atoms with Gasteiger partial charge in [0.05, 0.1) is 31.8 Å². The van der Waals surface area contributed by atoms with E-state index in [9.17, 15) is 43.2 Å². The van der Waals surface area contributed by atoms with Crippen LogP contribution in [0.3, 0.4) is 0 Å². The van der Waals surface area contributed by atoms with Crippen LogP contribution in [-0.2, 0) is 63.8 Å². The second kappa shape index (κ2) is 29.1. The van der Waals surface area contributed by atoms with Crippen LogP contribution in [0, 0.1) is 5.41 Å². The van der Waals surface area contributed by atoms with Crippen LogP contribution in [0.25, 0.3) is 0 Å². The lowest BCUT2D eigenvalue weighted by atomic mass is 9.87. The minimum atomic E-state index is -1.50. The molecule has 1 fully saturated rings. The van der Waals surface area contributed by atoms with Gasteiger partial charge in [-0.1, -0.05) is 54.6 Å². The van der Waals surface area contributed by atoms with E-state index in [4.69, 9.17) is 28.4 Å². The average molecular weight is 1130 g/mol. The summed E-state index contributed by atoms with van der Waals surface area (Å²) >= 11 is 0. The van der Waals surface area contributed by atoms with Crippen molar-refractivity contribution in [2.75, 3.05) is 68.3 Å². The third kappa shape index (κ3) is 17.8. The van der Waals surface area contributed by atoms with E-state index in [0.29, 0.717) is 41.9 Å². The number of aryl methyl sites for hydroxylation is 1. The molecule has 2 N–H and O–H groups in total. The largest absolute Gasteiger partial charge is 0.493 e. The number of hydrogen-bond acceptors (Lipinski definition) is 15. The smallest absolute Gasteiger partial charge is 0.330 e. The Bertz CT molecular complexity index is 2760. The van der Waals surface area contributed by atoms with E-state index >= 15 is 0 Å². The summed E-state index contributed by atoms with van der Waals surface area (Å²) in [6.07, 6.45) is 3.82. The standard InChI is InChI=1S/C60H80N6O15/c1-38-55(72)63(8)31-18-17-26-50(68)79-37-60(6,7)52(69)57(74)66-32-19-16-25-44(66)58(75)81-46(29-27-40-28-30-47(76-11)48(33-40)77-12)42-23-20-24-43(34-42)78-36-49(67)64(9)39(2)53(70)62-51(41-21-14-13-15-22-41)56(73)65(10)45(54(71)61-38)35-80-59(3,4)5/h13-15,17,20-24,26,28,30,33-34,38-39,44-46,51H,16,18-19,25,27,29,31-32,35-37H2,1-12H3,(H,61,71)(H,62,70)/b26-17-/t38-,39-,44-,45-,46+,51?/m0/s1. The molecule has 1 saturated heterocycles. The molecule has 2 aliphatic rings. The average Bonchev–Trinajstić information content (AvgIpc) is 3.45. The van der Waals surface area contributed by atoms with Gasteiger partial charge in [-0.05, 0) is 128 Å². The van der Waals surface area contributed by atoms with Crippen molar-refractivity contribution in [3.05, 3.63) is 102 Å². The number of rotatable bonds is 8. The number of likely N-dealkylation sites (N-methyl/N-ethyl adjacent to an activating group) is 3. The van der Waals surface area contributed by atoms with Gasteiger partial charge in [0.25, 0.3) is 11.8 Å². The van der Waals surface area contributed by atoms with Crippen molar-refractivity contribution in [1.82, 2.24) is 30.2 Å². The van der Waals surface area contributed by atoms with Gasteiger partial charge in [-0.3, -0.25) is 33.6 Å². The molecule has 6 amide bonds. The molecule has 3 aromatic carbocycles. The Morgan fingerprint density at radius 3 is 2.11 bits per heavy atom. The number of nitrogens with zero attached hydrogens (tertiary/aromatic N) is 4. The van der Waals surface area contributed by atoms with Gasteiger partial charge in [0.1, 0.15) is 48.7 Å². The Balaban J connectivity index is 1.48. The Morgan fingerprint density at radius 2 is 1.43 bits per heavy atom. The van der Waals surface area contributed by atoms with Crippen molar-refractivity contribution < 1.29 is 71.6 Å². The van der Waals surface area contributed by atoms with E-state index in [0.717, 1.165) is 16.5 Å². The molecule has 2 aliphatic heterocycles. The number of methoxy groups -OCH3 is 2. The van der Waals surface area contributed by atoms with E-state index < -0.39 is 114 Å². The summed E-state index contributed by atoms with van der Waals surface area (Å²) in [5.41, 5.74) is -0.537. The zero-order valence-corrected chi connectivity index (χ0v) is 48.7. The van der Waals surface area contributed by atoms with Gasteiger partial charge in [0, 0.05) is 40.3 Å². The molecule has 2 bridgehead atoms. The number of benzene rings is 3. The highest BCUT2D eigenvalue weighted by Gasteiger charge is 2.43. The van der Waals surface area contributed by atoms with Crippen LogP contribution < -0.4 is 24.8 Å². The minimum absolute atomic E-state index is 0.101. The Morgan fingerprint density at radius 1 is 0.741 bits per heavy atom. The van der Waals surface area contributed by atoms with Crippen molar-refractivity contribution >= 4 is 53.2 Å². The third-order valence-electron chi connectivity index (χ3n) is 14.2. The van der Waals surface area contributed by atoms with Crippen molar-refractivity contribution in [3.8, 4) is 17.2 Å². The second-order valence-corrected chi connectivity index (χ2v) is 21.9. The maximum Gasteiger partial charge on any atom is 0.330 e. The molecule has 0 saturated carbocycles. The number of fused-ring (bicyclic) bond motifs is 3. The second-order valence-electron chi connectivity index (χ2n) is 21.9. The summed E-state index contributed by atoms with van der Waals surface area (Å²) in [5, 5.41) is 5.50. The summed E-state index contributed by atoms with van der Waals surface area (Å²) in [4.78, 5) is 131. The number of nitrogens with one attached hydrogen (secondary N) is 2. The quantitative estimate of drug-likeness (QED) is 0.220. The molecular formula is C60H80N6O15. The number of hydrogen-bond donors (Lipinski definition) is 2. The molecule has 21 nitrogen and oxygen atoms in total. The van der Waals surface area contributed by atoms with Gasteiger partial charge in [0.15, 0.2) is 18.1 Å². The number of piperidine rings is 1. The van der Waals surface area contributed by atoms with Crippen molar-refractivity contribution in [1.29, 1.82) is 0 Å². The number of carbonyl (C=O) groups excluding carboxylic acids is 9. The van der Waals surface area contributed by atoms with E-state index in [1.807, 2.05) is 12.1 Å². The Hall–Kier alpha value is -7.81. The highest BCUT2D eigenvalue weighted by atomic mass is 16.5. The predicted molar refractivity (Wildman–Crippen MR) is 299 cm³/mol. The molecule has 3 aromatic rings. The number of ketones is 1. The highest BCUT2D eigenvalue weighted by molar-refractivity contribution is 6.38. The number of carbonyl (C=O) groups is 9. The van der Waals surface area contributed by atoms with Crippen LogP contribution in [0.15, 0.2) is 84.9 Å². The first-order valence-electron chi connectivity index (χ1n) is 27.2. The van der Waals surface area contributed by atoms with Crippen LogP contribution >= 0.6 is 0 Å². The molecule has 21 heteroatoms. The van der Waals surface area contributed by atoms with E-state index in [2.05, 4.69) is 10.6 Å². The van der Waals surface area contributed by atoms with Crippen LogP contribution in [0.2, 0.25) is 0 Å². The van der Waals surface area contributed by atoms with Crippen LogP contribution in [0.5, 0.6) is 17.2 Å². The number of Topliss-reactive ketones (excluding diaryl/α,β-unsaturated/α-hetero) is 1. The monoisotopic (exact) mass is 1120 g/mol. The molecule has 2 heterocycles. The maximum atomic E-state index is 14.7. The lowest BCUT2D eigenvalue weighted by Gasteiger charge is -2.36. The van der Waals surface area contributed by atoms with Gasteiger partial charge in [-0.15, -0.1) is 0 Å². The van der Waals surface area contributed by atoms with Gasteiger partial charge in [0.2, 0.25) is 29.4 Å². The molecule has 5 rings (SSSR count). The summed E-state index contributed by atoms with van der Waals surface area (Å²) in [5.74, 6) is -5.27. The van der Waals surface area contributed by atoms with Crippen LogP contribution in [0.4, 0.5) is 0 Å². The van der Waals surface area contributed by atoms with Crippen LogP contribution in [-0.4, -0.2) is 171 Å². The summed E-state index contributed by atoms with van der Waals surface area (Å²) in [6, 6.07) is 14.5. The molecule has 0 spiro atoms. The van der Waals surface area contributed by atoms with E-state index in [-0.39, 0.29) is 44.7 Å². The SMILES string of the molecule is COc1ccc(CC[C@H]2OC(=O)[C@@H]3CCCCN3C(=O)C(=O)C(C)(C)COC(=O)/C=C\CCN(C)C(=O)[C@H](C)NC(=O)[C@H](COC(C)(C)C)N(C)C(=O)C(c3ccccc3)NC(=O)[C@H](C)N(C)C(=O)COc3cccc2c3)cc1OC. The number of amides is 6. The number of cyclic esters (lactones) is 2. The van der Waals surface area contributed by atoms with Gasteiger partial charge in [-0.25, -0.2) is 9.59 Å². The lowest BCUT2D eigenvalue weighted by molar-refractivity contribution is -0.165. The third-order valence-corrected chi connectivity index (χ3v) is 14.2.